The molecule has 7 nitrogen and oxygen atoms in total. The van der Waals surface area contributed by atoms with Crippen molar-refractivity contribution in [2.45, 2.75) is 32.0 Å². The Bertz CT molecular complexity index is 945. The van der Waals surface area contributed by atoms with Crippen LogP contribution in [-0.4, -0.2) is 33.3 Å². The van der Waals surface area contributed by atoms with Gasteiger partial charge in [0.2, 0.25) is 5.91 Å². The van der Waals surface area contributed by atoms with Crippen molar-refractivity contribution in [2.75, 3.05) is 11.4 Å². The summed E-state index contributed by atoms with van der Waals surface area (Å²) in [4.78, 5) is 29.6. The second-order valence-electron chi connectivity index (χ2n) is 6.64. The first-order valence-corrected chi connectivity index (χ1v) is 8.84. The quantitative estimate of drug-likeness (QED) is 0.830. The molecule has 1 fully saturated rings. The SMILES string of the molecule is CC1CCC(C(N)=O)CN1c1cnn(-c2ccc(C(F)(F)F)cn2)c(=O)c1Cl. The molecule has 2 N–H and O–H groups in total. The molecule has 0 radical (unpaired) electrons. The van der Waals surface area contributed by atoms with Gasteiger partial charge in [-0.2, -0.15) is 23.0 Å². The number of pyridine rings is 1. The van der Waals surface area contributed by atoms with Crippen molar-refractivity contribution < 1.29 is 18.0 Å². The Morgan fingerprint density at radius 3 is 2.57 bits per heavy atom. The van der Waals surface area contributed by atoms with Gasteiger partial charge in [-0.05, 0) is 31.9 Å². The zero-order valence-electron chi connectivity index (χ0n) is 14.8. The fourth-order valence-electron chi connectivity index (χ4n) is 3.14. The van der Waals surface area contributed by atoms with Crippen LogP contribution in [0.5, 0.6) is 0 Å². The highest BCUT2D eigenvalue weighted by atomic mass is 35.5. The van der Waals surface area contributed by atoms with E-state index in [2.05, 4.69) is 10.1 Å². The van der Waals surface area contributed by atoms with Crippen LogP contribution in [0.4, 0.5) is 18.9 Å². The summed E-state index contributed by atoms with van der Waals surface area (Å²) < 4.78 is 38.8. The van der Waals surface area contributed by atoms with Crippen molar-refractivity contribution in [3.05, 3.63) is 45.5 Å². The smallest absolute Gasteiger partial charge is 0.369 e. The molecule has 1 amide bonds. The number of hydrogen-bond acceptors (Lipinski definition) is 5. The number of piperidine rings is 1. The van der Waals surface area contributed by atoms with Crippen LogP contribution in [0.15, 0.2) is 29.3 Å². The summed E-state index contributed by atoms with van der Waals surface area (Å²) in [5, 5.41) is 3.84. The molecule has 3 heterocycles. The maximum absolute atomic E-state index is 12.7. The average molecular weight is 416 g/mol. The van der Waals surface area contributed by atoms with Crippen LogP contribution in [-0.2, 0) is 11.0 Å². The standard InChI is InChI=1S/C17H17ClF3N5O2/c1-9-2-3-10(15(22)27)8-25(9)12-7-24-26(16(28)14(12)18)13-5-4-11(6-23-13)17(19,20)21/h4-7,9-10H,2-3,8H2,1H3,(H2,22,27). The van der Waals surface area contributed by atoms with Crippen molar-refractivity contribution >= 4 is 23.2 Å². The van der Waals surface area contributed by atoms with Crippen molar-refractivity contribution in [3.63, 3.8) is 0 Å². The molecule has 28 heavy (non-hydrogen) atoms. The molecule has 2 aromatic heterocycles. The summed E-state index contributed by atoms with van der Waals surface area (Å²) in [7, 11) is 0. The lowest BCUT2D eigenvalue weighted by Crippen LogP contribution is -2.46. The minimum absolute atomic E-state index is 0.00865. The monoisotopic (exact) mass is 415 g/mol. The number of nitrogens with zero attached hydrogens (tertiary/aromatic N) is 4. The first-order valence-electron chi connectivity index (χ1n) is 8.47. The number of nitrogens with two attached hydrogens (primary N) is 1. The van der Waals surface area contributed by atoms with Gasteiger partial charge >= 0.3 is 6.18 Å². The van der Waals surface area contributed by atoms with E-state index in [0.717, 1.165) is 16.8 Å². The number of primary amides is 1. The van der Waals surface area contributed by atoms with Crippen LogP contribution in [0.25, 0.3) is 5.82 Å². The number of hydrogen-bond donors (Lipinski definition) is 1. The van der Waals surface area contributed by atoms with E-state index in [-0.39, 0.29) is 22.8 Å². The average Bonchev–Trinajstić information content (AvgIpc) is 2.64. The minimum Gasteiger partial charge on any atom is -0.369 e. The molecule has 1 aliphatic rings. The molecule has 2 atom stereocenters. The van der Waals surface area contributed by atoms with Gasteiger partial charge in [0.15, 0.2) is 5.82 Å². The molecule has 0 saturated carbocycles. The molecule has 1 saturated heterocycles. The predicted molar refractivity (Wildman–Crippen MR) is 96.4 cm³/mol. The van der Waals surface area contributed by atoms with Gasteiger partial charge < -0.3 is 10.6 Å². The zero-order chi connectivity index (χ0) is 20.6. The normalized spacial score (nSPS) is 20.2. The number of carbonyl (C=O) groups excluding carboxylic acids is 1. The van der Waals surface area contributed by atoms with Crippen LogP contribution in [0.2, 0.25) is 5.02 Å². The summed E-state index contributed by atoms with van der Waals surface area (Å²) in [6, 6.07) is 1.86. The highest BCUT2D eigenvalue weighted by Crippen LogP contribution is 2.31. The van der Waals surface area contributed by atoms with Crippen molar-refractivity contribution in [2.24, 2.45) is 11.7 Å². The van der Waals surface area contributed by atoms with Gasteiger partial charge in [-0.3, -0.25) is 9.59 Å². The lowest BCUT2D eigenvalue weighted by atomic mass is 9.92. The lowest BCUT2D eigenvalue weighted by molar-refractivity contribution is -0.137. The van der Waals surface area contributed by atoms with Crippen LogP contribution < -0.4 is 16.2 Å². The van der Waals surface area contributed by atoms with E-state index < -0.39 is 23.2 Å². The van der Waals surface area contributed by atoms with Gasteiger partial charge in [0.25, 0.3) is 5.56 Å². The second kappa shape index (κ2) is 7.42. The molecule has 0 spiro atoms. The van der Waals surface area contributed by atoms with E-state index in [4.69, 9.17) is 17.3 Å². The van der Waals surface area contributed by atoms with E-state index in [0.29, 0.717) is 31.3 Å². The summed E-state index contributed by atoms with van der Waals surface area (Å²) in [5.74, 6) is -0.886. The first-order chi connectivity index (χ1) is 13.1. The fraction of sp³-hybridized carbons (Fsp3) is 0.412. The van der Waals surface area contributed by atoms with E-state index in [1.165, 1.54) is 6.20 Å². The summed E-state index contributed by atoms with van der Waals surface area (Å²) in [5.41, 5.74) is 4.08. The van der Waals surface area contributed by atoms with Crippen LogP contribution >= 0.6 is 11.6 Å². The molecule has 0 aliphatic carbocycles. The molecule has 1 aliphatic heterocycles. The van der Waals surface area contributed by atoms with E-state index in [9.17, 15) is 22.8 Å². The van der Waals surface area contributed by atoms with Gasteiger partial charge in [0.05, 0.1) is 23.4 Å². The van der Waals surface area contributed by atoms with Crippen molar-refractivity contribution in [3.8, 4) is 5.82 Å². The topological polar surface area (TPSA) is 94.1 Å². The fourth-order valence-corrected chi connectivity index (χ4v) is 3.38. The Morgan fingerprint density at radius 2 is 2.00 bits per heavy atom. The largest absolute Gasteiger partial charge is 0.417 e. The van der Waals surface area contributed by atoms with Crippen LogP contribution in [0.3, 0.4) is 0 Å². The highest BCUT2D eigenvalue weighted by molar-refractivity contribution is 6.33. The summed E-state index contributed by atoms with van der Waals surface area (Å²) in [6.45, 7) is 2.23. The van der Waals surface area contributed by atoms with Crippen molar-refractivity contribution in [1.82, 2.24) is 14.8 Å². The molecule has 11 heteroatoms. The van der Waals surface area contributed by atoms with Gasteiger partial charge in [-0.15, -0.1) is 0 Å². The third-order valence-corrected chi connectivity index (χ3v) is 5.14. The molecular weight excluding hydrogens is 399 g/mol. The molecule has 0 aromatic carbocycles. The van der Waals surface area contributed by atoms with Gasteiger partial charge in [-0.25, -0.2) is 4.98 Å². The molecular formula is C17H17ClF3N5O2. The zero-order valence-corrected chi connectivity index (χ0v) is 15.5. The van der Waals surface area contributed by atoms with Gasteiger partial charge in [-0.1, -0.05) is 11.6 Å². The molecule has 150 valence electrons. The van der Waals surface area contributed by atoms with Crippen LogP contribution in [0.1, 0.15) is 25.3 Å². The number of halogens is 4. The van der Waals surface area contributed by atoms with Gasteiger partial charge in [0, 0.05) is 18.8 Å². The Morgan fingerprint density at radius 1 is 1.29 bits per heavy atom. The number of amides is 1. The Hall–Kier alpha value is -2.62. The Balaban J connectivity index is 1.95. The van der Waals surface area contributed by atoms with E-state index in [1.54, 1.807) is 4.90 Å². The minimum atomic E-state index is -4.53. The van der Waals surface area contributed by atoms with Crippen LogP contribution in [0, 0.1) is 5.92 Å². The third kappa shape index (κ3) is 3.82. The molecule has 0 bridgehead atoms. The highest BCUT2D eigenvalue weighted by Gasteiger charge is 2.32. The predicted octanol–water partition coefficient (Wildman–Crippen LogP) is 2.39. The Kier molecular flexibility index (Phi) is 5.33. The maximum Gasteiger partial charge on any atom is 0.417 e. The molecule has 2 unspecified atom stereocenters. The number of alkyl halides is 3. The van der Waals surface area contributed by atoms with Crippen molar-refractivity contribution in [1.29, 1.82) is 0 Å². The number of rotatable bonds is 3. The lowest BCUT2D eigenvalue weighted by Gasteiger charge is -2.38. The molecule has 2 aromatic rings. The second-order valence-corrected chi connectivity index (χ2v) is 7.02. The van der Waals surface area contributed by atoms with E-state index in [1.807, 2.05) is 6.92 Å². The van der Waals surface area contributed by atoms with E-state index >= 15 is 0 Å². The number of carbonyl (C=O) groups is 1. The first kappa shape index (κ1) is 20.1. The maximum atomic E-state index is 12.7. The Labute approximate surface area is 162 Å². The number of aromatic nitrogens is 3. The number of anilines is 1. The third-order valence-electron chi connectivity index (χ3n) is 4.79. The molecule has 3 rings (SSSR count). The summed E-state index contributed by atoms with van der Waals surface area (Å²) in [6.07, 6.45) is -1.25. The van der Waals surface area contributed by atoms with Gasteiger partial charge in [0.1, 0.15) is 5.02 Å². The summed E-state index contributed by atoms with van der Waals surface area (Å²) >= 11 is 6.24.